The number of carbonyl (C=O) groups excluding carboxylic acids is 1. The molecular formula is C23H23N5O4. The number of fused-ring (bicyclic) bond motifs is 1. The van der Waals surface area contributed by atoms with Gasteiger partial charge in [-0.05, 0) is 29.8 Å². The highest BCUT2D eigenvalue weighted by Crippen LogP contribution is 2.17. The number of carbonyl (C=O) groups is 1. The summed E-state index contributed by atoms with van der Waals surface area (Å²) >= 11 is 0. The molecule has 0 saturated carbocycles. The summed E-state index contributed by atoms with van der Waals surface area (Å²) in [5.41, 5.74) is 1.14. The minimum absolute atomic E-state index is 0.0261. The van der Waals surface area contributed by atoms with Gasteiger partial charge in [-0.3, -0.25) is 30.0 Å². The van der Waals surface area contributed by atoms with Crippen molar-refractivity contribution in [2.24, 2.45) is 5.41 Å². The molecule has 0 radical (unpaired) electrons. The Hall–Kier alpha value is -4.03. The first-order chi connectivity index (χ1) is 15.1. The lowest BCUT2D eigenvalue weighted by molar-refractivity contribution is -0.384. The summed E-state index contributed by atoms with van der Waals surface area (Å²) in [4.78, 5) is 41.7. The average molecular weight is 433 g/mol. The van der Waals surface area contributed by atoms with E-state index in [2.05, 4.69) is 32.4 Å². The molecule has 0 saturated heterocycles. The van der Waals surface area contributed by atoms with Gasteiger partial charge < -0.3 is 5.32 Å². The lowest BCUT2D eigenvalue weighted by atomic mass is 9.96. The van der Waals surface area contributed by atoms with Crippen LogP contribution in [0.5, 0.6) is 0 Å². The number of hydrogen-bond donors (Lipinski definition) is 3. The molecular weight excluding hydrogens is 410 g/mol. The summed E-state index contributed by atoms with van der Waals surface area (Å²) in [6.45, 7) is 6.22. The number of aromatic amines is 1. The predicted octanol–water partition coefficient (Wildman–Crippen LogP) is 2.96. The molecule has 0 aliphatic rings. The molecule has 0 unspecified atom stereocenters. The second kappa shape index (κ2) is 9.41. The predicted molar refractivity (Wildman–Crippen MR) is 122 cm³/mol. The summed E-state index contributed by atoms with van der Waals surface area (Å²) in [7, 11) is 0. The number of nitrogens with one attached hydrogen (secondary N) is 3. The quantitative estimate of drug-likeness (QED) is 0.245. The van der Waals surface area contributed by atoms with Gasteiger partial charge in [-0.2, -0.15) is 0 Å². The van der Waals surface area contributed by atoms with Crippen molar-refractivity contribution in [2.75, 3.05) is 11.9 Å². The van der Waals surface area contributed by atoms with Crippen LogP contribution < -0.4 is 16.2 Å². The zero-order valence-corrected chi connectivity index (χ0v) is 18.0. The molecule has 1 heterocycles. The number of amides is 1. The van der Waals surface area contributed by atoms with Gasteiger partial charge in [0, 0.05) is 29.7 Å². The first-order valence-electron chi connectivity index (χ1n) is 9.92. The van der Waals surface area contributed by atoms with Crippen molar-refractivity contribution >= 4 is 28.4 Å². The second-order valence-corrected chi connectivity index (χ2v) is 8.18. The van der Waals surface area contributed by atoms with E-state index in [9.17, 15) is 19.7 Å². The minimum atomic E-state index is -0.607. The van der Waals surface area contributed by atoms with E-state index in [1.807, 2.05) is 6.07 Å². The van der Waals surface area contributed by atoms with E-state index in [1.165, 1.54) is 12.1 Å². The lowest BCUT2D eigenvalue weighted by Gasteiger charge is -2.17. The molecule has 0 aliphatic carbocycles. The Morgan fingerprint density at radius 1 is 1.19 bits per heavy atom. The van der Waals surface area contributed by atoms with E-state index >= 15 is 0 Å². The standard InChI is InChI=1S/C23H23N5O4/c1-23(2,3)21(30)27-22-25-19-11-8-16(13-18(19)20(29)26-22)14-24-12-4-5-15-6-9-17(10-7-15)28(31)32/h6-11,13,24H,12,14H2,1-3H3,(H2,25,26,27,29,30). The van der Waals surface area contributed by atoms with Gasteiger partial charge in [-0.25, -0.2) is 4.98 Å². The van der Waals surface area contributed by atoms with E-state index < -0.39 is 10.3 Å². The number of rotatable bonds is 5. The maximum atomic E-state index is 12.5. The van der Waals surface area contributed by atoms with Crippen molar-refractivity contribution in [3.05, 3.63) is 74.1 Å². The molecule has 2 aromatic carbocycles. The van der Waals surface area contributed by atoms with Gasteiger partial charge in [0.25, 0.3) is 11.2 Å². The van der Waals surface area contributed by atoms with Crippen LogP contribution in [0.15, 0.2) is 47.3 Å². The summed E-state index contributed by atoms with van der Waals surface area (Å²) < 4.78 is 0. The van der Waals surface area contributed by atoms with Crippen LogP contribution >= 0.6 is 0 Å². The van der Waals surface area contributed by atoms with Crippen LogP contribution in [0.1, 0.15) is 31.9 Å². The van der Waals surface area contributed by atoms with Gasteiger partial charge >= 0.3 is 0 Å². The normalized spacial score (nSPS) is 11.0. The van der Waals surface area contributed by atoms with Crippen molar-refractivity contribution < 1.29 is 9.72 Å². The third-order valence-electron chi connectivity index (χ3n) is 4.54. The molecule has 9 heteroatoms. The molecule has 164 valence electrons. The maximum Gasteiger partial charge on any atom is 0.269 e. The van der Waals surface area contributed by atoms with Crippen molar-refractivity contribution in [1.29, 1.82) is 0 Å². The number of non-ortho nitro benzene ring substituents is 1. The van der Waals surface area contributed by atoms with Crippen molar-refractivity contribution in [3.63, 3.8) is 0 Å². The Morgan fingerprint density at radius 3 is 2.56 bits per heavy atom. The number of aromatic nitrogens is 2. The van der Waals surface area contributed by atoms with Crippen LogP contribution in [-0.4, -0.2) is 27.3 Å². The second-order valence-electron chi connectivity index (χ2n) is 8.18. The molecule has 9 nitrogen and oxygen atoms in total. The van der Waals surface area contributed by atoms with Crippen molar-refractivity contribution in [2.45, 2.75) is 27.3 Å². The fraction of sp³-hybridized carbons (Fsp3) is 0.261. The minimum Gasteiger partial charge on any atom is -0.302 e. The lowest BCUT2D eigenvalue weighted by Crippen LogP contribution is -2.29. The number of H-pyrrole nitrogens is 1. The number of nitro groups is 1. The summed E-state index contributed by atoms with van der Waals surface area (Å²) in [5.74, 6) is 5.77. The highest BCUT2D eigenvalue weighted by atomic mass is 16.6. The van der Waals surface area contributed by atoms with Crippen LogP contribution in [-0.2, 0) is 11.3 Å². The van der Waals surface area contributed by atoms with Crippen LogP contribution in [0.2, 0.25) is 0 Å². The monoisotopic (exact) mass is 433 g/mol. The summed E-state index contributed by atoms with van der Waals surface area (Å²) in [6, 6.07) is 11.4. The molecule has 0 atom stereocenters. The Bertz CT molecular complexity index is 1280. The van der Waals surface area contributed by atoms with Gasteiger partial charge in [0.15, 0.2) is 0 Å². The molecule has 32 heavy (non-hydrogen) atoms. The van der Waals surface area contributed by atoms with Gasteiger partial charge in [-0.15, -0.1) is 0 Å². The van der Waals surface area contributed by atoms with Crippen molar-refractivity contribution in [3.8, 4) is 11.8 Å². The number of nitro benzene ring substituents is 1. The molecule has 1 amide bonds. The zero-order valence-electron chi connectivity index (χ0n) is 18.0. The van der Waals surface area contributed by atoms with E-state index in [4.69, 9.17) is 0 Å². The van der Waals surface area contributed by atoms with Gasteiger partial charge in [-0.1, -0.05) is 38.7 Å². The fourth-order valence-corrected chi connectivity index (χ4v) is 2.73. The molecule has 3 rings (SSSR count). The number of hydrogen-bond acceptors (Lipinski definition) is 6. The SMILES string of the molecule is CC(C)(C)C(=O)Nc1nc2ccc(CNCC#Cc3ccc([N+](=O)[O-])cc3)cc2c(=O)[nH]1. The van der Waals surface area contributed by atoms with E-state index in [-0.39, 0.29) is 23.1 Å². The van der Waals surface area contributed by atoms with Gasteiger partial charge in [0.05, 0.1) is 22.4 Å². The average Bonchev–Trinajstić information content (AvgIpc) is 2.73. The third kappa shape index (κ3) is 5.77. The van der Waals surface area contributed by atoms with Gasteiger partial charge in [0.1, 0.15) is 0 Å². The Balaban J connectivity index is 1.62. The van der Waals surface area contributed by atoms with E-state index in [0.717, 1.165) is 5.56 Å². The summed E-state index contributed by atoms with van der Waals surface area (Å²) in [5, 5.41) is 16.9. The van der Waals surface area contributed by atoms with Crippen molar-refractivity contribution in [1.82, 2.24) is 15.3 Å². The zero-order chi connectivity index (χ0) is 23.3. The Morgan fingerprint density at radius 2 is 1.91 bits per heavy atom. The molecule has 0 aliphatic heterocycles. The Kier molecular flexibility index (Phi) is 6.66. The number of nitrogens with zero attached hydrogens (tertiary/aromatic N) is 2. The number of benzene rings is 2. The molecule has 3 N–H and O–H groups in total. The molecule has 0 fully saturated rings. The van der Waals surface area contributed by atoms with E-state index in [1.54, 1.807) is 45.0 Å². The molecule has 0 spiro atoms. The Labute approximate surface area is 184 Å². The van der Waals surface area contributed by atoms with E-state index in [0.29, 0.717) is 29.6 Å². The summed E-state index contributed by atoms with van der Waals surface area (Å²) in [6.07, 6.45) is 0. The fourth-order valence-electron chi connectivity index (χ4n) is 2.73. The maximum absolute atomic E-state index is 12.5. The smallest absolute Gasteiger partial charge is 0.269 e. The molecule has 0 bridgehead atoms. The number of anilines is 1. The highest BCUT2D eigenvalue weighted by molar-refractivity contribution is 5.93. The molecule has 1 aromatic heterocycles. The van der Waals surface area contributed by atoms with Gasteiger partial charge in [0.2, 0.25) is 11.9 Å². The van der Waals surface area contributed by atoms with Crippen LogP contribution in [0.3, 0.4) is 0 Å². The first-order valence-corrected chi connectivity index (χ1v) is 9.92. The topological polar surface area (TPSA) is 130 Å². The third-order valence-corrected chi connectivity index (χ3v) is 4.54. The van der Waals surface area contributed by atoms with Crippen LogP contribution in [0.4, 0.5) is 11.6 Å². The first kappa shape index (κ1) is 22.7. The molecule has 3 aromatic rings. The van der Waals surface area contributed by atoms with Crippen LogP contribution in [0, 0.1) is 27.4 Å². The largest absolute Gasteiger partial charge is 0.302 e. The highest BCUT2D eigenvalue weighted by Gasteiger charge is 2.22. The van der Waals surface area contributed by atoms with Crippen LogP contribution in [0.25, 0.3) is 10.9 Å².